The standard InChI is InChI=1S/C15H28N2O/c1-2-13(1)10-17(11-14-3-4-14)7-6-16-9-15-5-8-18-12-15/h13-16H,1-12H2. The average Bonchev–Trinajstić information content (AvgIpc) is 3.29. The fourth-order valence-electron chi connectivity index (χ4n) is 2.88. The minimum absolute atomic E-state index is 0.769. The largest absolute Gasteiger partial charge is 0.381 e. The van der Waals surface area contributed by atoms with Crippen molar-refractivity contribution in [2.45, 2.75) is 32.1 Å². The van der Waals surface area contributed by atoms with E-state index in [1.54, 1.807) is 0 Å². The van der Waals surface area contributed by atoms with Crippen LogP contribution in [-0.4, -0.2) is 50.8 Å². The Labute approximate surface area is 111 Å². The van der Waals surface area contributed by atoms with Crippen molar-refractivity contribution in [1.82, 2.24) is 10.2 Å². The number of rotatable bonds is 9. The first kappa shape index (κ1) is 12.9. The monoisotopic (exact) mass is 252 g/mol. The first-order chi connectivity index (χ1) is 8.90. The summed E-state index contributed by atoms with van der Waals surface area (Å²) >= 11 is 0. The van der Waals surface area contributed by atoms with Crippen LogP contribution in [0.1, 0.15) is 32.1 Å². The van der Waals surface area contributed by atoms with E-state index >= 15 is 0 Å². The van der Waals surface area contributed by atoms with Crippen molar-refractivity contribution in [2.75, 3.05) is 45.9 Å². The normalized spacial score (nSPS) is 28.2. The van der Waals surface area contributed by atoms with Crippen molar-refractivity contribution >= 4 is 0 Å². The van der Waals surface area contributed by atoms with E-state index in [2.05, 4.69) is 10.2 Å². The van der Waals surface area contributed by atoms with Crippen LogP contribution in [0, 0.1) is 17.8 Å². The van der Waals surface area contributed by atoms with Crippen LogP contribution >= 0.6 is 0 Å². The molecule has 1 unspecified atom stereocenters. The maximum absolute atomic E-state index is 5.41. The van der Waals surface area contributed by atoms with Crippen molar-refractivity contribution in [3.05, 3.63) is 0 Å². The maximum Gasteiger partial charge on any atom is 0.0507 e. The van der Waals surface area contributed by atoms with Crippen LogP contribution < -0.4 is 5.32 Å². The zero-order valence-electron chi connectivity index (χ0n) is 11.6. The summed E-state index contributed by atoms with van der Waals surface area (Å²) in [5.74, 6) is 2.84. The van der Waals surface area contributed by atoms with E-state index in [4.69, 9.17) is 4.74 Å². The predicted molar refractivity (Wildman–Crippen MR) is 73.7 cm³/mol. The van der Waals surface area contributed by atoms with E-state index in [0.717, 1.165) is 44.1 Å². The molecule has 1 aliphatic heterocycles. The highest BCUT2D eigenvalue weighted by molar-refractivity contribution is 4.82. The van der Waals surface area contributed by atoms with Gasteiger partial charge in [0.25, 0.3) is 0 Å². The van der Waals surface area contributed by atoms with E-state index in [-0.39, 0.29) is 0 Å². The molecule has 1 atom stereocenters. The number of hydrogen-bond donors (Lipinski definition) is 1. The molecule has 0 bridgehead atoms. The van der Waals surface area contributed by atoms with Gasteiger partial charge >= 0.3 is 0 Å². The van der Waals surface area contributed by atoms with Crippen LogP contribution in [0.5, 0.6) is 0 Å². The molecule has 2 aliphatic carbocycles. The van der Waals surface area contributed by atoms with Crippen LogP contribution in [0.15, 0.2) is 0 Å². The minimum atomic E-state index is 0.769. The maximum atomic E-state index is 5.41. The summed E-state index contributed by atoms with van der Waals surface area (Å²) in [6, 6.07) is 0. The van der Waals surface area contributed by atoms with Crippen molar-refractivity contribution in [3.8, 4) is 0 Å². The first-order valence-electron chi connectivity index (χ1n) is 7.91. The van der Waals surface area contributed by atoms with Gasteiger partial charge in [-0.2, -0.15) is 0 Å². The Morgan fingerprint density at radius 2 is 1.67 bits per heavy atom. The topological polar surface area (TPSA) is 24.5 Å². The lowest BCUT2D eigenvalue weighted by atomic mass is 10.1. The van der Waals surface area contributed by atoms with Crippen molar-refractivity contribution in [2.24, 2.45) is 17.8 Å². The van der Waals surface area contributed by atoms with E-state index in [0.29, 0.717) is 0 Å². The fourth-order valence-corrected chi connectivity index (χ4v) is 2.88. The Morgan fingerprint density at radius 3 is 2.22 bits per heavy atom. The summed E-state index contributed by atoms with van der Waals surface area (Å²) in [6.07, 6.45) is 7.17. The summed E-state index contributed by atoms with van der Waals surface area (Å²) in [5.41, 5.74) is 0. The molecule has 1 heterocycles. The SMILES string of the molecule is C(CN(CC1CC1)CC1CC1)NCC1CCOC1. The second-order valence-electron chi connectivity index (χ2n) is 6.58. The Balaban J connectivity index is 1.28. The average molecular weight is 252 g/mol. The summed E-state index contributed by atoms with van der Waals surface area (Å²) in [7, 11) is 0. The molecule has 3 aliphatic rings. The Bertz CT molecular complexity index is 231. The number of ether oxygens (including phenoxy) is 1. The Hall–Kier alpha value is -0.120. The zero-order valence-corrected chi connectivity index (χ0v) is 11.6. The van der Waals surface area contributed by atoms with E-state index in [1.165, 1.54) is 51.7 Å². The van der Waals surface area contributed by atoms with Gasteiger partial charge in [0.05, 0.1) is 6.61 Å². The van der Waals surface area contributed by atoms with Gasteiger partial charge in [-0.3, -0.25) is 0 Å². The molecule has 0 radical (unpaired) electrons. The first-order valence-corrected chi connectivity index (χ1v) is 7.91. The van der Waals surface area contributed by atoms with Gasteiger partial charge in [-0.1, -0.05) is 0 Å². The quantitative estimate of drug-likeness (QED) is 0.633. The molecule has 1 saturated heterocycles. The Kier molecular flexibility index (Phi) is 4.55. The van der Waals surface area contributed by atoms with Crippen molar-refractivity contribution < 1.29 is 4.74 Å². The van der Waals surface area contributed by atoms with Gasteiger partial charge in [0.2, 0.25) is 0 Å². The Morgan fingerprint density at radius 1 is 0.944 bits per heavy atom. The molecule has 0 spiro atoms. The highest BCUT2D eigenvalue weighted by Gasteiger charge is 2.28. The molecule has 0 aromatic heterocycles. The highest BCUT2D eigenvalue weighted by Crippen LogP contribution is 2.33. The molecule has 3 nitrogen and oxygen atoms in total. The van der Waals surface area contributed by atoms with Gasteiger partial charge in [-0.15, -0.1) is 0 Å². The molecule has 18 heavy (non-hydrogen) atoms. The van der Waals surface area contributed by atoms with Crippen LogP contribution in [0.25, 0.3) is 0 Å². The molecule has 0 amide bonds. The molecule has 3 rings (SSSR count). The lowest BCUT2D eigenvalue weighted by Gasteiger charge is -2.22. The van der Waals surface area contributed by atoms with Gasteiger partial charge in [0, 0.05) is 39.3 Å². The van der Waals surface area contributed by atoms with Crippen molar-refractivity contribution in [3.63, 3.8) is 0 Å². The number of nitrogens with one attached hydrogen (secondary N) is 1. The second kappa shape index (κ2) is 6.36. The third-order valence-corrected chi connectivity index (χ3v) is 4.49. The molecule has 0 aromatic rings. The summed E-state index contributed by atoms with van der Waals surface area (Å²) in [4.78, 5) is 2.72. The molecular weight excluding hydrogens is 224 g/mol. The molecule has 3 fully saturated rings. The lowest BCUT2D eigenvalue weighted by Crippen LogP contribution is -2.36. The van der Waals surface area contributed by atoms with Gasteiger partial charge in [-0.05, 0) is 49.9 Å². The van der Waals surface area contributed by atoms with Gasteiger partial charge in [-0.25, -0.2) is 0 Å². The van der Waals surface area contributed by atoms with Gasteiger partial charge < -0.3 is 15.0 Å². The molecule has 1 N–H and O–H groups in total. The van der Waals surface area contributed by atoms with Crippen LogP contribution in [0.4, 0.5) is 0 Å². The van der Waals surface area contributed by atoms with Gasteiger partial charge in [0.1, 0.15) is 0 Å². The van der Waals surface area contributed by atoms with Gasteiger partial charge in [0.15, 0.2) is 0 Å². The van der Waals surface area contributed by atoms with Crippen LogP contribution in [0.2, 0.25) is 0 Å². The molecule has 0 aromatic carbocycles. The summed E-state index contributed by atoms with van der Waals surface area (Å²) < 4.78 is 5.41. The molecule has 104 valence electrons. The predicted octanol–water partition coefficient (Wildman–Crippen LogP) is 1.73. The van der Waals surface area contributed by atoms with E-state index in [1.807, 2.05) is 0 Å². The van der Waals surface area contributed by atoms with E-state index < -0.39 is 0 Å². The zero-order chi connectivity index (χ0) is 12.2. The van der Waals surface area contributed by atoms with Crippen LogP contribution in [0.3, 0.4) is 0 Å². The van der Waals surface area contributed by atoms with E-state index in [9.17, 15) is 0 Å². The fraction of sp³-hybridized carbons (Fsp3) is 1.00. The molecule has 2 saturated carbocycles. The van der Waals surface area contributed by atoms with Crippen molar-refractivity contribution in [1.29, 1.82) is 0 Å². The third-order valence-electron chi connectivity index (χ3n) is 4.49. The smallest absolute Gasteiger partial charge is 0.0507 e. The summed E-state index contributed by atoms with van der Waals surface area (Å²) in [5, 5.41) is 3.62. The minimum Gasteiger partial charge on any atom is -0.381 e. The number of hydrogen-bond acceptors (Lipinski definition) is 3. The highest BCUT2D eigenvalue weighted by atomic mass is 16.5. The summed E-state index contributed by atoms with van der Waals surface area (Å²) in [6.45, 7) is 8.25. The van der Waals surface area contributed by atoms with Crippen LogP contribution in [-0.2, 0) is 4.74 Å². The molecular formula is C15H28N2O. The third kappa shape index (κ3) is 4.52. The number of nitrogens with zero attached hydrogens (tertiary/aromatic N) is 1. The second-order valence-corrected chi connectivity index (χ2v) is 6.58. The molecule has 3 heteroatoms. The lowest BCUT2D eigenvalue weighted by molar-refractivity contribution is 0.184.